The molecule has 5 nitrogen and oxygen atoms in total. The van der Waals surface area contributed by atoms with Crippen LogP contribution >= 0.6 is 11.6 Å². The Kier molecular flexibility index (Phi) is 4.90. The average Bonchev–Trinajstić information content (AvgIpc) is 2.42. The Bertz CT molecular complexity index is 569. The standard InChI is InChI=1S/C13H19ClN2O3S/c1-10-2-3-13(12(14)8-10)15-20(18,19)16-6-4-11(9-17)5-7-16/h2-3,8,11,15,17H,4-7,9H2,1H3. The Morgan fingerprint density at radius 3 is 2.60 bits per heavy atom. The van der Waals surface area contributed by atoms with Crippen molar-refractivity contribution < 1.29 is 13.5 Å². The molecule has 0 saturated carbocycles. The summed E-state index contributed by atoms with van der Waals surface area (Å²) in [6, 6.07) is 5.19. The molecular weight excluding hydrogens is 300 g/mol. The van der Waals surface area contributed by atoms with E-state index in [-0.39, 0.29) is 12.5 Å². The zero-order valence-electron chi connectivity index (χ0n) is 11.3. The second-order valence-corrected chi connectivity index (χ2v) is 7.19. The first-order chi connectivity index (χ1) is 9.42. The summed E-state index contributed by atoms with van der Waals surface area (Å²) in [6.07, 6.45) is 1.36. The van der Waals surface area contributed by atoms with Crippen molar-refractivity contribution in [2.75, 3.05) is 24.4 Å². The van der Waals surface area contributed by atoms with Gasteiger partial charge < -0.3 is 5.11 Å². The number of benzene rings is 1. The lowest BCUT2D eigenvalue weighted by molar-refractivity contribution is 0.170. The molecule has 1 aliphatic rings. The third-order valence-electron chi connectivity index (χ3n) is 3.54. The van der Waals surface area contributed by atoms with E-state index >= 15 is 0 Å². The summed E-state index contributed by atoms with van der Waals surface area (Å²) in [6.45, 7) is 2.85. The summed E-state index contributed by atoms with van der Waals surface area (Å²) in [5, 5.41) is 9.46. The monoisotopic (exact) mass is 318 g/mol. The van der Waals surface area contributed by atoms with Crippen LogP contribution in [0.1, 0.15) is 18.4 Å². The molecule has 0 unspecified atom stereocenters. The van der Waals surface area contributed by atoms with Gasteiger partial charge in [0.05, 0.1) is 10.7 Å². The molecule has 0 atom stereocenters. The van der Waals surface area contributed by atoms with E-state index in [1.165, 1.54) is 4.31 Å². The van der Waals surface area contributed by atoms with E-state index in [2.05, 4.69) is 4.72 Å². The molecule has 1 aromatic rings. The Balaban J connectivity index is 2.08. The minimum Gasteiger partial charge on any atom is -0.396 e. The average molecular weight is 319 g/mol. The molecule has 1 heterocycles. The maximum Gasteiger partial charge on any atom is 0.301 e. The SMILES string of the molecule is Cc1ccc(NS(=O)(=O)N2CCC(CO)CC2)c(Cl)c1. The number of nitrogens with zero attached hydrogens (tertiary/aromatic N) is 1. The van der Waals surface area contributed by atoms with Gasteiger partial charge in [0.2, 0.25) is 0 Å². The van der Waals surface area contributed by atoms with Crippen LogP contribution in [0.25, 0.3) is 0 Å². The van der Waals surface area contributed by atoms with Crippen molar-refractivity contribution in [1.29, 1.82) is 0 Å². The van der Waals surface area contributed by atoms with Crippen molar-refractivity contribution in [3.63, 3.8) is 0 Å². The largest absolute Gasteiger partial charge is 0.396 e. The Morgan fingerprint density at radius 2 is 2.05 bits per heavy atom. The zero-order chi connectivity index (χ0) is 14.8. The van der Waals surface area contributed by atoms with Crippen LogP contribution in [0.3, 0.4) is 0 Å². The molecule has 0 aromatic heterocycles. The number of halogens is 1. The van der Waals surface area contributed by atoms with Crippen molar-refractivity contribution in [2.24, 2.45) is 5.92 Å². The normalized spacial score (nSPS) is 18.1. The molecule has 1 aliphatic heterocycles. The molecule has 1 saturated heterocycles. The third kappa shape index (κ3) is 3.63. The van der Waals surface area contributed by atoms with Crippen LogP contribution in [-0.4, -0.2) is 37.5 Å². The molecule has 2 N–H and O–H groups in total. The first kappa shape index (κ1) is 15.6. The highest BCUT2D eigenvalue weighted by molar-refractivity contribution is 7.90. The fourth-order valence-corrected chi connectivity index (χ4v) is 3.85. The highest BCUT2D eigenvalue weighted by atomic mass is 35.5. The Morgan fingerprint density at radius 1 is 1.40 bits per heavy atom. The van der Waals surface area contributed by atoms with Crippen LogP contribution in [0.2, 0.25) is 5.02 Å². The van der Waals surface area contributed by atoms with Crippen LogP contribution in [0, 0.1) is 12.8 Å². The van der Waals surface area contributed by atoms with Crippen molar-refractivity contribution in [2.45, 2.75) is 19.8 Å². The van der Waals surface area contributed by atoms with E-state index in [0.29, 0.717) is 36.6 Å². The summed E-state index contributed by atoms with van der Waals surface area (Å²) >= 11 is 6.04. The lowest BCUT2D eigenvalue weighted by Crippen LogP contribution is -2.42. The predicted molar refractivity (Wildman–Crippen MR) is 80.1 cm³/mol. The lowest BCUT2D eigenvalue weighted by Gasteiger charge is -2.30. The number of aliphatic hydroxyl groups excluding tert-OH is 1. The lowest BCUT2D eigenvalue weighted by atomic mass is 10.00. The minimum absolute atomic E-state index is 0.116. The number of aliphatic hydroxyl groups is 1. The number of rotatable bonds is 4. The van der Waals surface area contributed by atoms with Gasteiger partial charge in [0.1, 0.15) is 0 Å². The first-order valence-electron chi connectivity index (χ1n) is 6.57. The molecule has 0 radical (unpaired) electrons. The van der Waals surface area contributed by atoms with Crippen molar-refractivity contribution in [1.82, 2.24) is 4.31 Å². The molecule has 1 fully saturated rings. The van der Waals surface area contributed by atoms with Gasteiger partial charge in [-0.1, -0.05) is 17.7 Å². The van der Waals surface area contributed by atoms with Crippen molar-refractivity contribution >= 4 is 27.5 Å². The number of anilines is 1. The van der Waals surface area contributed by atoms with Crippen LogP contribution < -0.4 is 4.72 Å². The van der Waals surface area contributed by atoms with E-state index in [0.717, 1.165) is 5.56 Å². The molecule has 1 aromatic carbocycles. The summed E-state index contributed by atoms with van der Waals surface area (Å²) in [5.41, 5.74) is 1.36. The van der Waals surface area contributed by atoms with Crippen LogP contribution in [0.4, 0.5) is 5.69 Å². The maximum atomic E-state index is 12.3. The van der Waals surface area contributed by atoms with Gasteiger partial charge in [-0.25, -0.2) is 0 Å². The van der Waals surface area contributed by atoms with Gasteiger partial charge in [-0.05, 0) is 43.4 Å². The van der Waals surface area contributed by atoms with Crippen molar-refractivity contribution in [3.05, 3.63) is 28.8 Å². The Hall–Kier alpha value is -0.820. The summed E-state index contributed by atoms with van der Waals surface area (Å²) in [4.78, 5) is 0. The van der Waals surface area contributed by atoms with E-state index in [4.69, 9.17) is 16.7 Å². The number of nitrogens with one attached hydrogen (secondary N) is 1. The molecule has 7 heteroatoms. The Labute approximate surface area is 124 Å². The van der Waals surface area contributed by atoms with Crippen LogP contribution in [0.15, 0.2) is 18.2 Å². The second-order valence-electron chi connectivity index (χ2n) is 5.12. The fraction of sp³-hybridized carbons (Fsp3) is 0.538. The summed E-state index contributed by atoms with van der Waals surface area (Å²) < 4.78 is 28.5. The summed E-state index contributed by atoms with van der Waals surface area (Å²) in [5.74, 6) is 0.199. The third-order valence-corrected chi connectivity index (χ3v) is 5.37. The molecular formula is C13H19ClN2O3S. The quantitative estimate of drug-likeness (QED) is 0.892. The van der Waals surface area contributed by atoms with Crippen LogP contribution in [-0.2, 0) is 10.2 Å². The minimum atomic E-state index is -3.59. The van der Waals surface area contributed by atoms with Gasteiger partial charge in [-0.2, -0.15) is 12.7 Å². The molecule has 2 rings (SSSR count). The van der Waals surface area contributed by atoms with Gasteiger partial charge in [0, 0.05) is 19.7 Å². The highest BCUT2D eigenvalue weighted by Crippen LogP contribution is 2.26. The van der Waals surface area contributed by atoms with Gasteiger partial charge >= 0.3 is 10.2 Å². The van der Waals surface area contributed by atoms with Gasteiger partial charge in [0.15, 0.2) is 0 Å². The van der Waals surface area contributed by atoms with E-state index < -0.39 is 10.2 Å². The van der Waals surface area contributed by atoms with E-state index in [1.807, 2.05) is 13.0 Å². The highest BCUT2D eigenvalue weighted by Gasteiger charge is 2.28. The predicted octanol–water partition coefficient (Wildman–Crippen LogP) is 2.01. The number of hydrogen-bond donors (Lipinski definition) is 2. The number of hydrogen-bond acceptors (Lipinski definition) is 3. The van der Waals surface area contributed by atoms with Gasteiger partial charge in [-0.3, -0.25) is 4.72 Å². The maximum absolute atomic E-state index is 12.3. The van der Waals surface area contributed by atoms with E-state index in [1.54, 1.807) is 12.1 Å². The van der Waals surface area contributed by atoms with E-state index in [9.17, 15) is 8.42 Å². The molecule has 0 aliphatic carbocycles. The van der Waals surface area contributed by atoms with Gasteiger partial charge in [0.25, 0.3) is 0 Å². The molecule has 112 valence electrons. The second kappa shape index (κ2) is 6.30. The fourth-order valence-electron chi connectivity index (χ4n) is 2.24. The van der Waals surface area contributed by atoms with Crippen LogP contribution in [0.5, 0.6) is 0 Å². The number of piperidine rings is 1. The molecule has 20 heavy (non-hydrogen) atoms. The molecule has 0 amide bonds. The molecule has 0 spiro atoms. The topological polar surface area (TPSA) is 69.6 Å². The number of aryl methyl sites for hydroxylation is 1. The van der Waals surface area contributed by atoms with Gasteiger partial charge in [-0.15, -0.1) is 0 Å². The smallest absolute Gasteiger partial charge is 0.301 e. The van der Waals surface area contributed by atoms with Crippen molar-refractivity contribution in [3.8, 4) is 0 Å². The molecule has 0 bridgehead atoms. The first-order valence-corrected chi connectivity index (χ1v) is 8.39. The summed E-state index contributed by atoms with van der Waals surface area (Å²) in [7, 11) is -3.59. The zero-order valence-corrected chi connectivity index (χ0v) is 12.9.